The molecule has 0 spiro atoms. The molecule has 1 aromatic carbocycles. The molecule has 0 unspecified atom stereocenters. The predicted molar refractivity (Wildman–Crippen MR) is 78.3 cm³/mol. The smallest absolute Gasteiger partial charge is 0.252 e. The van der Waals surface area contributed by atoms with Crippen LogP contribution in [0.15, 0.2) is 30.3 Å². The van der Waals surface area contributed by atoms with Crippen molar-refractivity contribution in [3.8, 4) is 0 Å². The van der Waals surface area contributed by atoms with Crippen LogP contribution in [0.5, 0.6) is 0 Å². The number of nitrogens with zero attached hydrogens (tertiary/aromatic N) is 1. The number of benzene rings is 1. The largest absolute Gasteiger partial charge is 0.350 e. The maximum Gasteiger partial charge on any atom is 0.252 e. The molecule has 1 N–H and O–H groups in total. The highest BCUT2D eigenvalue weighted by Crippen LogP contribution is 2.18. The molecule has 0 bridgehead atoms. The molecule has 2 aromatic rings. The lowest BCUT2D eigenvalue weighted by Crippen LogP contribution is -2.30. The van der Waals surface area contributed by atoms with Gasteiger partial charge in [0.15, 0.2) is 0 Å². The van der Waals surface area contributed by atoms with Crippen LogP contribution < -0.4 is 5.32 Å². The minimum absolute atomic E-state index is 0.0364. The Kier molecular flexibility index (Phi) is 4.15. The van der Waals surface area contributed by atoms with Gasteiger partial charge in [-0.3, -0.25) is 9.78 Å². The first kappa shape index (κ1) is 13.5. The molecule has 0 aliphatic heterocycles. The number of carbonyl (C=O) groups is 1. The fourth-order valence-electron chi connectivity index (χ4n) is 2.13. The van der Waals surface area contributed by atoms with Gasteiger partial charge in [-0.1, -0.05) is 25.5 Å². The highest BCUT2D eigenvalue weighted by Gasteiger charge is 2.11. The molecule has 0 fully saturated rings. The summed E-state index contributed by atoms with van der Waals surface area (Å²) in [5.41, 5.74) is 2.67. The summed E-state index contributed by atoms with van der Waals surface area (Å²) in [6.07, 6.45) is 2.05. The van der Waals surface area contributed by atoms with E-state index in [9.17, 15) is 4.79 Å². The molecule has 0 aliphatic rings. The standard InChI is InChI=1S/C16H20N2O/c1-4-6-12-9-10-13-14(16(19)17-11(2)3)7-5-8-15(13)18-12/h5,7-11H,4,6H2,1-3H3,(H,17,19). The van der Waals surface area contributed by atoms with Gasteiger partial charge in [0.25, 0.3) is 5.91 Å². The van der Waals surface area contributed by atoms with Crippen LogP contribution in [-0.4, -0.2) is 16.9 Å². The van der Waals surface area contributed by atoms with Gasteiger partial charge in [0.1, 0.15) is 0 Å². The van der Waals surface area contributed by atoms with Crippen LogP contribution in [0.2, 0.25) is 0 Å². The van der Waals surface area contributed by atoms with E-state index in [-0.39, 0.29) is 11.9 Å². The number of hydrogen-bond donors (Lipinski definition) is 1. The van der Waals surface area contributed by atoms with Gasteiger partial charge in [0.05, 0.1) is 5.52 Å². The van der Waals surface area contributed by atoms with E-state index in [0.29, 0.717) is 5.56 Å². The SMILES string of the molecule is CCCc1ccc2c(C(=O)NC(C)C)cccc2n1. The Bertz CT molecular complexity index is 590. The molecule has 0 radical (unpaired) electrons. The van der Waals surface area contributed by atoms with E-state index in [2.05, 4.69) is 17.2 Å². The molecular formula is C16H20N2O. The Labute approximate surface area is 114 Å². The predicted octanol–water partition coefficient (Wildman–Crippen LogP) is 3.33. The van der Waals surface area contributed by atoms with Crippen molar-refractivity contribution in [2.45, 2.75) is 39.7 Å². The van der Waals surface area contributed by atoms with Gasteiger partial charge in [0.2, 0.25) is 0 Å². The zero-order valence-electron chi connectivity index (χ0n) is 11.7. The quantitative estimate of drug-likeness (QED) is 0.911. The minimum atomic E-state index is -0.0364. The summed E-state index contributed by atoms with van der Waals surface area (Å²) in [5, 5.41) is 3.84. The topological polar surface area (TPSA) is 42.0 Å². The molecule has 3 heteroatoms. The average molecular weight is 256 g/mol. The van der Waals surface area contributed by atoms with E-state index in [0.717, 1.165) is 29.4 Å². The third kappa shape index (κ3) is 3.11. The van der Waals surface area contributed by atoms with Crippen LogP contribution in [0.4, 0.5) is 0 Å². The lowest BCUT2D eigenvalue weighted by atomic mass is 10.1. The van der Waals surface area contributed by atoms with Crippen LogP contribution in [0, 0.1) is 0 Å². The van der Waals surface area contributed by atoms with E-state index in [1.165, 1.54) is 0 Å². The summed E-state index contributed by atoms with van der Waals surface area (Å²) in [5.74, 6) is -0.0364. The van der Waals surface area contributed by atoms with E-state index >= 15 is 0 Å². The summed E-state index contributed by atoms with van der Waals surface area (Å²) in [7, 11) is 0. The first-order chi connectivity index (χ1) is 9.11. The van der Waals surface area contributed by atoms with Crippen molar-refractivity contribution in [2.75, 3.05) is 0 Å². The van der Waals surface area contributed by atoms with Crippen LogP contribution >= 0.6 is 0 Å². The van der Waals surface area contributed by atoms with Crippen LogP contribution in [0.3, 0.4) is 0 Å². The van der Waals surface area contributed by atoms with Gasteiger partial charge >= 0.3 is 0 Å². The summed E-state index contributed by atoms with van der Waals surface area (Å²) < 4.78 is 0. The number of fused-ring (bicyclic) bond motifs is 1. The van der Waals surface area contributed by atoms with Crippen molar-refractivity contribution < 1.29 is 4.79 Å². The first-order valence-electron chi connectivity index (χ1n) is 6.81. The Hall–Kier alpha value is -1.90. The second-order valence-corrected chi connectivity index (χ2v) is 5.05. The van der Waals surface area contributed by atoms with Crippen LogP contribution in [0.25, 0.3) is 10.9 Å². The van der Waals surface area contributed by atoms with Crippen molar-refractivity contribution in [2.24, 2.45) is 0 Å². The first-order valence-corrected chi connectivity index (χ1v) is 6.81. The summed E-state index contributed by atoms with van der Waals surface area (Å²) in [6, 6.07) is 9.85. The molecule has 0 saturated heterocycles. The number of nitrogens with one attached hydrogen (secondary N) is 1. The Morgan fingerprint density at radius 3 is 2.74 bits per heavy atom. The second-order valence-electron chi connectivity index (χ2n) is 5.05. The van der Waals surface area contributed by atoms with Gasteiger partial charge in [-0.15, -0.1) is 0 Å². The molecule has 0 atom stereocenters. The fourth-order valence-corrected chi connectivity index (χ4v) is 2.13. The van der Waals surface area contributed by atoms with Crippen molar-refractivity contribution in [1.82, 2.24) is 10.3 Å². The van der Waals surface area contributed by atoms with E-state index < -0.39 is 0 Å². The highest BCUT2D eigenvalue weighted by atomic mass is 16.1. The van der Waals surface area contributed by atoms with Crippen molar-refractivity contribution in [1.29, 1.82) is 0 Å². The summed E-state index contributed by atoms with van der Waals surface area (Å²) in [4.78, 5) is 16.7. The zero-order valence-corrected chi connectivity index (χ0v) is 11.7. The Balaban J connectivity index is 2.43. The second kappa shape index (κ2) is 5.83. The van der Waals surface area contributed by atoms with Gasteiger partial charge in [0, 0.05) is 22.7 Å². The van der Waals surface area contributed by atoms with Crippen molar-refractivity contribution in [3.63, 3.8) is 0 Å². The van der Waals surface area contributed by atoms with Crippen LogP contribution in [0.1, 0.15) is 43.2 Å². The lowest BCUT2D eigenvalue weighted by molar-refractivity contribution is 0.0945. The molecule has 0 saturated carbocycles. The number of hydrogen-bond acceptors (Lipinski definition) is 2. The highest BCUT2D eigenvalue weighted by molar-refractivity contribution is 6.06. The number of rotatable bonds is 4. The number of aromatic nitrogens is 1. The molecule has 100 valence electrons. The van der Waals surface area contributed by atoms with Crippen molar-refractivity contribution in [3.05, 3.63) is 41.6 Å². The molecule has 1 aromatic heterocycles. The van der Waals surface area contributed by atoms with Gasteiger partial charge in [-0.05, 0) is 38.5 Å². The molecule has 1 amide bonds. The fraction of sp³-hybridized carbons (Fsp3) is 0.375. The van der Waals surface area contributed by atoms with E-state index in [1.807, 2.05) is 44.2 Å². The maximum absolute atomic E-state index is 12.1. The molecule has 1 heterocycles. The summed E-state index contributed by atoms with van der Waals surface area (Å²) in [6.45, 7) is 6.06. The maximum atomic E-state index is 12.1. The molecule has 19 heavy (non-hydrogen) atoms. The lowest BCUT2D eigenvalue weighted by Gasteiger charge is -2.10. The monoisotopic (exact) mass is 256 g/mol. The van der Waals surface area contributed by atoms with Crippen molar-refractivity contribution >= 4 is 16.8 Å². The van der Waals surface area contributed by atoms with Gasteiger partial charge < -0.3 is 5.32 Å². The Morgan fingerprint density at radius 2 is 2.05 bits per heavy atom. The third-order valence-electron chi connectivity index (χ3n) is 2.96. The number of carbonyl (C=O) groups excluding carboxylic acids is 1. The van der Waals surface area contributed by atoms with Gasteiger partial charge in [-0.2, -0.15) is 0 Å². The summed E-state index contributed by atoms with van der Waals surface area (Å²) >= 11 is 0. The Morgan fingerprint density at radius 1 is 1.26 bits per heavy atom. The molecule has 0 aliphatic carbocycles. The zero-order chi connectivity index (χ0) is 13.8. The molecule has 3 nitrogen and oxygen atoms in total. The molecule has 2 rings (SSSR count). The van der Waals surface area contributed by atoms with Gasteiger partial charge in [-0.25, -0.2) is 0 Å². The minimum Gasteiger partial charge on any atom is -0.350 e. The number of aryl methyl sites for hydroxylation is 1. The van der Waals surface area contributed by atoms with E-state index in [4.69, 9.17) is 0 Å². The third-order valence-corrected chi connectivity index (χ3v) is 2.96. The molecular weight excluding hydrogens is 236 g/mol. The van der Waals surface area contributed by atoms with E-state index in [1.54, 1.807) is 0 Å². The number of pyridine rings is 1. The average Bonchev–Trinajstić information content (AvgIpc) is 2.37. The normalized spacial score (nSPS) is 10.9. The van der Waals surface area contributed by atoms with Crippen LogP contribution in [-0.2, 0) is 6.42 Å². The number of amides is 1.